The van der Waals surface area contributed by atoms with Crippen molar-refractivity contribution in [1.82, 2.24) is 15.2 Å². The summed E-state index contributed by atoms with van der Waals surface area (Å²) in [5, 5.41) is 14.1. The van der Waals surface area contributed by atoms with E-state index in [4.69, 9.17) is 4.74 Å². The zero-order valence-corrected chi connectivity index (χ0v) is 25.9. The van der Waals surface area contributed by atoms with Gasteiger partial charge in [0.1, 0.15) is 29.9 Å². The normalized spacial score (nSPS) is 18.9. The minimum atomic E-state index is -4.92. The number of aryl methyl sites for hydroxylation is 1. The molecule has 0 bridgehead atoms. The second kappa shape index (κ2) is 14.7. The maximum absolute atomic E-state index is 14.0. The Morgan fingerprint density at radius 2 is 1.63 bits per heavy atom. The number of nitrogens with one attached hydrogen (secondary N) is 2. The minimum Gasteiger partial charge on any atom is -0.481 e. The Morgan fingerprint density at radius 1 is 0.980 bits per heavy atom. The fourth-order valence-electron chi connectivity index (χ4n) is 5.96. The van der Waals surface area contributed by atoms with Crippen LogP contribution in [0.2, 0.25) is 0 Å². The van der Waals surface area contributed by atoms with Crippen molar-refractivity contribution in [3.05, 3.63) is 77.1 Å². The molecule has 51 heavy (non-hydrogen) atoms. The highest BCUT2D eigenvalue weighted by atomic mass is 19.4. The summed E-state index contributed by atoms with van der Waals surface area (Å²) < 4.78 is 108. The van der Waals surface area contributed by atoms with E-state index < -0.39 is 114 Å². The smallest absolute Gasteiger partial charge is 0.481 e. The second-order valence-corrected chi connectivity index (χ2v) is 11.6. The standard InChI is InChI=1S/C32H26F7N3O9/c33-18-10-19(34)27(36)29(26(18)35)49-13-23(44)21(11-24(45)46)40-30(47)15-9-22(43)25-20(6-1-14-7-8-42(12-15)28(14)25)41-31(48)50-16-2-4-17(5-3-16)51-32(37,38)39/h2-5,7-8,10,15,20-21,25H,1,6,9,11-13H2,(H,40,47)(H,41,48)(H,45,46). The number of amides is 2. The predicted molar refractivity (Wildman–Crippen MR) is 156 cm³/mol. The highest BCUT2D eigenvalue weighted by molar-refractivity contribution is 5.96. The number of hydrogen-bond donors (Lipinski definition) is 3. The number of ketones is 2. The van der Waals surface area contributed by atoms with E-state index in [1.807, 2.05) is 0 Å². The molecule has 2 heterocycles. The topological polar surface area (TPSA) is 162 Å². The predicted octanol–water partition coefficient (Wildman–Crippen LogP) is 4.33. The van der Waals surface area contributed by atoms with Gasteiger partial charge in [-0.05, 0) is 48.7 Å². The number of Topliss-reactive ketones (excluding diaryl/α,β-unsaturated/α-hetero) is 2. The van der Waals surface area contributed by atoms with Crippen LogP contribution >= 0.6 is 0 Å². The molecule has 1 aromatic heterocycles. The number of benzene rings is 2. The van der Waals surface area contributed by atoms with E-state index in [-0.39, 0.29) is 24.8 Å². The molecule has 4 unspecified atom stereocenters. The molecule has 4 atom stereocenters. The number of ether oxygens (including phenoxy) is 3. The van der Waals surface area contributed by atoms with Gasteiger partial charge in [-0.2, -0.15) is 8.78 Å². The third kappa shape index (κ3) is 8.58. The molecule has 2 aliphatic rings. The number of aromatic nitrogens is 1. The van der Waals surface area contributed by atoms with E-state index >= 15 is 0 Å². The zero-order valence-electron chi connectivity index (χ0n) is 25.9. The highest BCUT2D eigenvalue weighted by Gasteiger charge is 2.43. The average molecular weight is 730 g/mol. The van der Waals surface area contributed by atoms with Crippen LogP contribution in [0.15, 0.2) is 42.6 Å². The van der Waals surface area contributed by atoms with Gasteiger partial charge in [-0.1, -0.05) is 0 Å². The molecule has 19 heteroatoms. The van der Waals surface area contributed by atoms with Gasteiger partial charge in [-0.25, -0.2) is 13.6 Å². The van der Waals surface area contributed by atoms with Crippen LogP contribution in [0.1, 0.15) is 36.4 Å². The number of carboxylic acids is 1. The SMILES string of the molecule is O=C(O)CC(NC(=O)C1CC(=O)C2c3c(ccn3C1)CCC2NC(=O)Oc1ccc(OC(F)(F)F)cc1)C(=O)COc1c(F)c(F)cc(F)c1F. The van der Waals surface area contributed by atoms with Crippen LogP contribution in [-0.4, -0.2) is 64.3 Å². The quantitative estimate of drug-likeness (QED) is 0.193. The van der Waals surface area contributed by atoms with E-state index in [9.17, 15) is 59.8 Å². The van der Waals surface area contributed by atoms with Gasteiger partial charge in [-0.15, -0.1) is 13.2 Å². The monoisotopic (exact) mass is 729 g/mol. The first-order valence-corrected chi connectivity index (χ1v) is 15.1. The van der Waals surface area contributed by atoms with Crippen molar-refractivity contribution in [2.24, 2.45) is 5.92 Å². The number of hydrogen-bond acceptors (Lipinski definition) is 8. The van der Waals surface area contributed by atoms with Gasteiger partial charge in [-0.3, -0.25) is 19.2 Å². The van der Waals surface area contributed by atoms with Gasteiger partial charge in [0.2, 0.25) is 17.5 Å². The number of nitrogens with zero attached hydrogens (tertiary/aromatic N) is 1. The van der Waals surface area contributed by atoms with Crippen molar-refractivity contribution in [3.63, 3.8) is 0 Å². The van der Waals surface area contributed by atoms with Crippen LogP contribution in [-0.2, 0) is 32.1 Å². The molecule has 3 N–H and O–H groups in total. The van der Waals surface area contributed by atoms with Crippen LogP contribution in [0, 0.1) is 29.2 Å². The van der Waals surface area contributed by atoms with Crippen molar-refractivity contribution in [1.29, 1.82) is 0 Å². The van der Waals surface area contributed by atoms with Crippen molar-refractivity contribution in [3.8, 4) is 17.2 Å². The summed E-state index contributed by atoms with van der Waals surface area (Å²) in [6, 6.07) is 2.95. The number of carboxylic acid groups (broad SMARTS) is 1. The lowest BCUT2D eigenvalue weighted by molar-refractivity contribution is -0.274. The van der Waals surface area contributed by atoms with Crippen molar-refractivity contribution in [2.75, 3.05) is 6.61 Å². The summed E-state index contributed by atoms with van der Waals surface area (Å²) in [6.07, 6.45) is -5.12. The molecule has 1 aliphatic heterocycles. The Hall–Kier alpha value is -5.62. The van der Waals surface area contributed by atoms with Crippen molar-refractivity contribution in [2.45, 2.75) is 56.6 Å². The molecule has 3 aromatic rings. The fraction of sp³-hybridized carbons (Fsp3) is 0.344. The minimum absolute atomic E-state index is 0.0850. The van der Waals surface area contributed by atoms with Gasteiger partial charge in [0.15, 0.2) is 23.2 Å². The Kier molecular flexibility index (Phi) is 10.6. The maximum Gasteiger partial charge on any atom is 0.573 e. The number of carbonyl (C=O) groups excluding carboxylic acids is 4. The van der Waals surface area contributed by atoms with Gasteiger partial charge in [0, 0.05) is 37.0 Å². The van der Waals surface area contributed by atoms with Gasteiger partial charge in [0.25, 0.3) is 0 Å². The van der Waals surface area contributed by atoms with Crippen LogP contribution in [0.25, 0.3) is 0 Å². The average Bonchev–Trinajstić information content (AvgIpc) is 3.38. The molecule has 12 nitrogen and oxygen atoms in total. The van der Waals surface area contributed by atoms with Crippen molar-refractivity contribution < 1.29 is 74.0 Å². The first-order chi connectivity index (χ1) is 24.0. The van der Waals surface area contributed by atoms with Crippen LogP contribution in [0.5, 0.6) is 17.2 Å². The van der Waals surface area contributed by atoms with E-state index in [2.05, 4.69) is 20.1 Å². The summed E-state index contributed by atoms with van der Waals surface area (Å²) in [6.45, 7) is -1.41. The first-order valence-electron chi connectivity index (χ1n) is 15.1. The number of aliphatic carboxylic acids is 1. The highest BCUT2D eigenvalue weighted by Crippen LogP contribution is 2.38. The largest absolute Gasteiger partial charge is 0.573 e. The number of halogens is 7. The molecule has 0 saturated heterocycles. The van der Waals surface area contributed by atoms with Crippen molar-refractivity contribution >= 4 is 29.5 Å². The van der Waals surface area contributed by atoms with Gasteiger partial charge >= 0.3 is 18.4 Å². The van der Waals surface area contributed by atoms with E-state index in [1.54, 1.807) is 16.8 Å². The lowest BCUT2D eigenvalue weighted by atomic mass is 9.79. The first kappa shape index (κ1) is 36.7. The summed E-state index contributed by atoms with van der Waals surface area (Å²) >= 11 is 0. The van der Waals surface area contributed by atoms with Gasteiger partial charge < -0.3 is 34.5 Å². The lowest BCUT2D eigenvalue weighted by Gasteiger charge is -2.31. The molecule has 0 spiro atoms. The van der Waals surface area contributed by atoms with E-state index in [0.29, 0.717) is 12.1 Å². The third-order valence-electron chi connectivity index (χ3n) is 8.18. The Balaban J connectivity index is 1.26. The summed E-state index contributed by atoms with van der Waals surface area (Å²) in [5.41, 5.74) is 1.25. The lowest BCUT2D eigenvalue weighted by Crippen LogP contribution is -2.47. The molecule has 272 valence electrons. The second-order valence-electron chi connectivity index (χ2n) is 11.6. The Bertz CT molecular complexity index is 1840. The molecule has 0 radical (unpaired) electrons. The number of alkyl halides is 3. The van der Waals surface area contributed by atoms with E-state index in [0.717, 1.165) is 29.8 Å². The molecule has 1 aliphatic carbocycles. The van der Waals surface area contributed by atoms with Gasteiger partial charge in [0.05, 0.1) is 18.3 Å². The van der Waals surface area contributed by atoms with Crippen LogP contribution in [0.3, 0.4) is 0 Å². The summed E-state index contributed by atoms with van der Waals surface area (Å²) in [7, 11) is 0. The number of rotatable bonds is 11. The number of carbonyl (C=O) groups is 5. The third-order valence-corrected chi connectivity index (χ3v) is 8.18. The summed E-state index contributed by atoms with van der Waals surface area (Å²) in [4.78, 5) is 64.2. The Morgan fingerprint density at radius 3 is 2.25 bits per heavy atom. The molecule has 2 amide bonds. The molecule has 0 fully saturated rings. The molecule has 2 aromatic carbocycles. The maximum atomic E-state index is 14.0. The zero-order chi connectivity index (χ0) is 37.2. The molecule has 0 saturated carbocycles. The van der Waals surface area contributed by atoms with Crippen LogP contribution in [0.4, 0.5) is 35.5 Å². The fourth-order valence-corrected chi connectivity index (χ4v) is 5.96. The molecular formula is C32H26F7N3O9. The summed E-state index contributed by atoms with van der Waals surface area (Å²) in [5.74, 6) is -16.2. The Labute approximate surface area is 282 Å². The molecule has 5 rings (SSSR count). The van der Waals surface area contributed by atoms with Crippen LogP contribution < -0.4 is 24.8 Å². The van der Waals surface area contributed by atoms with E-state index in [1.165, 1.54) is 0 Å². The molecular weight excluding hydrogens is 703 g/mol.